The van der Waals surface area contributed by atoms with Crippen molar-refractivity contribution in [1.29, 1.82) is 0 Å². The Morgan fingerprint density at radius 3 is 2.92 bits per heavy atom. The quantitative estimate of drug-likeness (QED) is 0.655. The van der Waals surface area contributed by atoms with Crippen LogP contribution in [0.1, 0.15) is 33.0 Å². The van der Waals surface area contributed by atoms with Crippen molar-refractivity contribution in [2.45, 2.75) is 24.8 Å². The molecular formula is C16H13ClN2O3S2. The lowest BCUT2D eigenvalue weighted by molar-refractivity contribution is -0.131. The monoisotopic (exact) mass is 380 g/mol. The largest absolute Gasteiger partial charge is 0.325 e. The number of amides is 3. The number of hydrogen-bond donors (Lipinski definition) is 1. The summed E-state index contributed by atoms with van der Waals surface area (Å²) in [6, 6.07) is 4.64. The first kappa shape index (κ1) is 15.8. The Hall–Kier alpha value is -1.70. The summed E-state index contributed by atoms with van der Waals surface area (Å²) in [5.41, 5.74) is -0.121. The molecule has 5 nitrogen and oxygen atoms in total. The molecule has 3 heterocycles. The molecule has 1 aliphatic heterocycles. The maximum atomic E-state index is 13.0. The van der Waals surface area contributed by atoms with Gasteiger partial charge in [-0.05, 0) is 42.8 Å². The molecule has 0 aromatic carbocycles. The second-order valence-electron chi connectivity index (χ2n) is 5.86. The van der Waals surface area contributed by atoms with Crippen LogP contribution < -0.4 is 5.32 Å². The zero-order valence-electron chi connectivity index (χ0n) is 12.5. The first-order chi connectivity index (χ1) is 11.5. The topological polar surface area (TPSA) is 66.5 Å². The van der Waals surface area contributed by atoms with Gasteiger partial charge in [0.25, 0.3) is 5.91 Å². The summed E-state index contributed by atoms with van der Waals surface area (Å²) in [5, 5.41) is 4.79. The second kappa shape index (κ2) is 5.68. The lowest BCUT2D eigenvalue weighted by Crippen LogP contribution is -2.46. The smallest absolute Gasteiger partial charge is 0.319 e. The van der Waals surface area contributed by atoms with Crippen LogP contribution in [0.4, 0.5) is 4.79 Å². The standard InChI is InChI=1S/C16H13ClN2O3S2/c17-13-4-3-12(24-13)10(20)8-19-14(21)16(18-15(19)22)6-1-2-11-9(16)5-7-23-11/h3-5,7H,1-2,6,8H2,(H,18,22)/t16-/m0/s1. The van der Waals surface area contributed by atoms with Crippen molar-refractivity contribution in [2.24, 2.45) is 0 Å². The van der Waals surface area contributed by atoms with E-state index in [4.69, 9.17) is 11.6 Å². The number of carbonyl (C=O) groups is 3. The number of imide groups is 1. The van der Waals surface area contributed by atoms with Crippen LogP contribution in [-0.4, -0.2) is 29.2 Å². The van der Waals surface area contributed by atoms with Crippen LogP contribution in [0, 0.1) is 0 Å². The predicted octanol–water partition coefficient (Wildman–Crippen LogP) is 3.43. The number of ketones is 1. The van der Waals surface area contributed by atoms with Crippen LogP contribution in [0.3, 0.4) is 0 Å². The number of thiophene rings is 2. The van der Waals surface area contributed by atoms with Crippen LogP contribution in [0.25, 0.3) is 0 Å². The van der Waals surface area contributed by atoms with Gasteiger partial charge in [-0.1, -0.05) is 11.6 Å². The van der Waals surface area contributed by atoms with E-state index >= 15 is 0 Å². The Morgan fingerprint density at radius 2 is 2.17 bits per heavy atom. The number of nitrogens with zero attached hydrogens (tertiary/aromatic N) is 1. The molecule has 0 radical (unpaired) electrons. The van der Waals surface area contributed by atoms with Gasteiger partial charge in [-0.15, -0.1) is 22.7 Å². The second-order valence-corrected chi connectivity index (χ2v) is 8.58. The van der Waals surface area contributed by atoms with Crippen LogP contribution in [0.2, 0.25) is 4.34 Å². The van der Waals surface area contributed by atoms with E-state index in [1.165, 1.54) is 0 Å². The van der Waals surface area contributed by atoms with Crippen molar-refractivity contribution in [3.05, 3.63) is 43.2 Å². The van der Waals surface area contributed by atoms with Gasteiger partial charge in [-0.2, -0.15) is 0 Å². The van der Waals surface area contributed by atoms with Crippen molar-refractivity contribution in [3.8, 4) is 0 Å². The zero-order chi connectivity index (χ0) is 16.9. The Labute approximate surface area is 151 Å². The van der Waals surface area contributed by atoms with Crippen LogP contribution in [0.5, 0.6) is 0 Å². The third-order valence-electron chi connectivity index (χ3n) is 4.49. The molecule has 0 bridgehead atoms. The molecule has 2 aromatic rings. The minimum Gasteiger partial charge on any atom is -0.319 e. The Morgan fingerprint density at radius 1 is 1.33 bits per heavy atom. The molecule has 2 aromatic heterocycles. The van der Waals surface area contributed by atoms with Crippen molar-refractivity contribution in [3.63, 3.8) is 0 Å². The molecule has 4 rings (SSSR count). The van der Waals surface area contributed by atoms with E-state index in [0.29, 0.717) is 15.6 Å². The lowest BCUT2D eigenvalue weighted by Gasteiger charge is -2.31. The van der Waals surface area contributed by atoms with E-state index in [0.717, 1.165) is 39.5 Å². The molecule has 24 heavy (non-hydrogen) atoms. The molecule has 2 aliphatic rings. The van der Waals surface area contributed by atoms with E-state index in [2.05, 4.69) is 5.32 Å². The Kier molecular flexibility index (Phi) is 3.74. The molecule has 8 heteroatoms. The Balaban J connectivity index is 1.62. The van der Waals surface area contributed by atoms with Crippen LogP contribution in [0.15, 0.2) is 23.6 Å². The third-order valence-corrected chi connectivity index (χ3v) is 6.74. The summed E-state index contributed by atoms with van der Waals surface area (Å²) in [6.07, 6.45) is 2.32. The van der Waals surface area contributed by atoms with E-state index < -0.39 is 11.6 Å². The number of fused-ring (bicyclic) bond motifs is 2. The normalized spacial score (nSPS) is 22.8. The molecule has 1 aliphatic carbocycles. The van der Waals surface area contributed by atoms with Gasteiger partial charge >= 0.3 is 6.03 Å². The maximum absolute atomic E-state index is 13.0. The highest BCUT2D eigenvalue weighted by molar-refractivity contribution is 7.18. The van der Waals surface area contributed by atoms with E-state index in [9.17, 15) is 14.4 Å². The maximum Gasteiger partial charge on any atom is 0.325 e. The highest BCUT2D eigenvalue weighted by Gasteiger charge is 2.54. The fourth-order valence-corrected chi connectivity index (χ4v) is 5.34. The molecule has 3 amide bonds. The summed E-state index contributed by atoms with van der Waals surface area (Å²) < 4.78 is 0.502. The first-order valence-electron chi connectivity index (χ1n) is 7.51. The molecule has 1 saturated heterocycles. The molecule has 0 unspecified atom stereocenters. The van der Waals surface area contributed by atoms with Crippen molar-refractivity contribution < 1.29 is 14.4 Å². The van der Waals surface area contributed by atoms with E-state index in [1.54, 1.807) is 23.5 Å². The first-order valence-corrected chi connectivity index (χ1v) is 9.58. The summed E-state index contributed by atoms with van der Waals surface area (Å²) >= 11 is 8.60. The molecule has 1 fully saturated rings. The van der Waals surface area contributed by atoms with E-state index in [-0.39, 0.29) is 18.2 Å². The highest BCUT2D eigenvalue weighted by atomic mass is 35.5. The Bertz CT molecular complexity index is 859. The van der Waals surface area contributed by atoms with Gasteiger partial charge in [0, 0.05) is 10.4 Å². The SMILES string of the molecule is O=C(CN1C(=O)N[C@]2(CCCc3sccc32)C1=O)c1ccc(Cl)s1. The van der Waals surface area contributed by atoms with Crippen LogP contribution >= 0.6 is 34.3 Å². The molecule has 1 atom stereocenters. The molecule has 1 spiro atoms. The van der Waals surface area contributed by atoms with Gasteiger partial charge in [0.15, 0.2) is 5.78 Å². The van der Waals surface area contributed by atoms with Gasteiger partial charge in [-0.3, -0.25) is 14.5 Å². The van der Waals surface area contributed by atoms with Crippen LogP contribution in [-0.2, 0) is 16.8 Å². The molecule has 1 N–H and O–H groups in total. The summed E-state index contributed by atoms with van der Waals surface area (Å²) in [5.74, 6) is -0.614. The zero-order valence-corrected chi connectivity index (χ0v) is 14.9. The number of hydrogen-bond acceptors (Lipinski definition) is 5. The van der Waals surface area contributed by atoms with E-state index in [1.807, 2.05) is 11.4 Å². The number of aryl methyl sites for hydroxylation is 1. The van der Waals surface area contributed by atoms with Crippen molar-refractivity contribution in [2.75, 3.05) is 6.54 Å². The average molecular weight is 381 g/mol. The number of carbonyl (C=O) groups excluding carboxylic acids is 3. The van der Waals surface area contributed by atoms with Gasteiger partial charge in [0.1, 0.15) is 5.54 Å². The number of nitrogens with one attached hydrogen (secondary N) is 1. The number of halogens is 1. The summed E-state index contributed by atoms with van der Waals surface area (Å²) in [6.45, 7) is -0.261. The fourth-order valence-electron chi connectivity index (χ4n) is 3.37. The fraction of sp³-hybridized carbons (Fsp3) is 0.312. The molecule has 0 saturated carbocycles. The van der Waals surface area contributed by atoms with Crippen molar-refractivity contribution >= 4 is 52.0 Å². The van der Waals surface area contributed by atoms with Crippen molar-refractivity contribution in [1.82, 2.24) is 10.2 Å². The lowest BCUT2D eigenvalue weighted by atomic mass is 9.80. The number of rotatable bonds is 3. The summed E-state index contributed by atoms with van der Waals surface area (Å²) in [4.78, 5) is 40.3. The highest BCUT2D eigenvalue weighted by Crippen LogP contribution is 2.42. The average Bonchev–Trinajstić information content (AvgIpc) is 3.24. The molecule has 124 valence electrons. The number of Topliss-reactive ketones (excluding diaryl/α,β-unsaturated/α-hetero) is 1. The number of urea groups is 1. The third kappa shape index (κ3) is 2.30. The van der Waals surface area contributed by atoms with Gasteiger partial charge in [-0.25, -0.2) is 4.79 Å². The summed E-state index contributed by atoms with van der Waals surface area (Å²) in [7, 11) is 0. The van der Waals surface area contributed by atoms with Gasteiger partial charge < -0.3 is 5.32 Å². The minimum absolute atomic E-state index is 0.261. The van der Waals surface area contributed by atoms with Gasteiger partial charge in [0.2, 0.25) is 0 Å². The minimum atomic E-state index is -1.00. The predicted molar refractivity (Wildman–Crippen MR) is 92.8 cm³/mol. The van der Waals surface area contributed by atoms with Gasteiger partial charge in [0.05, 0.1) is 15.8 Å². The molecular weight excluding hydrogens is 368 g/mol.